The van der Waals surface area contributed by atoms with Crippen LogP contribution in [-0.4, -0.2) is 34.1 Å². The number of ether oxygens (including phenoxy) is 2. The standard InChI is InChI=1S/C11H13NO5S/c1-16-8-2-4-9(5-3-8)18(14,15)12-10-6-7-17-11(10)13/h2-5,10,12H,6-7H2,1H3. The first kappa shape index (κ1) is 12.8. The third-order valence-electron chi connectivity index (χ3n) is 2.60. The second-order valence-electron chi connectivity index (χ2n) is 3.81. The molecule has 2 rings (SSSR count). The SMILES string of the molecule is COc1ccc(S(=O)(=O)NC2CCOC2=O)cc1. The van der Waals surface area contributed by atoms with E-state index in [9.17, 15) is 13.2 Å². The molecule has 0 saturated carbocycles. The Morgan fingerprint density at radius 2 is 2.00 bits per heavy atom. The lowest BCUT2D eigenvalue weighted by Crippen LogP contribution is -2.37. The summed E-state index contributed by atoms with van der Waals surface area (Å²) < 4.78 is 35.9. The molecular weight excluding hydrogens is 258 g/mol. The van der Waals surface area contributed by atoms with Crippen molar-refractivity contribution < 1.29 is 22.7 Å². The van der Waals surface area contributed by atoms with Crippen molar-refractivity contribution in [3.8, 4) is 5.75 Å². The normalized spacial score (nSPS) is 19.6. The lowest BCUT2D eigenvalue weighted by atomic mass is 10.3. The average Bonchev–Trinajstić information content (AvgIpc) is 2.74. The van der Waals surface area contributed by atoms with Crippen LogP contribution in [0.15, 0.2) is 29.2 Å². The molecule has 0 bridgehead atoms. The molecule has 1 atom stereocenters. The Kier molecular flexibility index (Phi) is 3.53. The van der Waals surface area contributed by atoms with Crippen LogP contribution in [0.2, 0.25) is 0 Å². The van der Waals surface area contributed by atoms with E-state index in [-0.39, 0.29) is 11.5 Å². The Bertz CT molecular complexity index is 537. The fourth-order valence-electron chi connectivity index (χ4n) is 1.61. The molecule has 1 fully saturated rings. The molecule has 1 aliphatic heterocycles. The minimum absolute atomic E-state index is 0.0861. The van der Waals surface area contributed by atoms with Crippen LogP contribution in [0.1, 0.15) is 6.42 Å². The molecule has 6 nitrogen and oxygen atoms in total. The van der Waals surface area contributed by atoms with E-state index in [0.29, 0.717) is 12.2 Å². The third kappa shape index (κ3) is 2.62. The molecule has 1 aromatic rings. The molecule has 1 N–H and O–H groups in total. The van der Waals surface area contributed by atoms with Crippen LogP contribution in [0.4, 0.5) is 0 Å². The number of hydrogen-bond acceptors (Lipinski definition) is 5. The summed E-state index contributed by atoms with van der Waals surface area (Å²) in [5.74, 6) is 0.0290. The van der Waals surface area contributed by atoms with E-state index >= 15 is 0 Å². The van der Waals surface area contributed by atoms with Crippen LogP contribution in [0.3, 0.4) is 0 Å². The Labute approximate surface area is 105 Å². The van der Waals surface area contributed by atoms with Gasteiger partial charge in [0, 0.05) is 6.42 Å². The monoisotopic (exact) mass is 271 g/mol. The van der Waals surface area contributed by atoms with Crippen molar-refractivity contribution in [2.24, 2.45) is 0 Å². The number of rotatable bonds is 4. The topological polar surface area (TPSA) is 81.7 Å². The first-order valence-corrected chi connectivity index (χ1v) is 6.84. The number of cyclic esters (lactones) is 1. The van der Waals surface area contributed by atoms with Gasteiger partial charge in [0.15, 0.2) is 0 Å². The molecule has 18 heavy (non-hydrogen) atoms. The quantitative estimate of drug-likeness (QED) is 0.796. The van der Waals surface area contributed by atoms with E-state index in [0.717, 1.165) is 0 Å². The predicted molar refractivity (Wildman–Crippen MR) is 62.7 cm³/mol. The first-order chi connectivity index (χ1) is 8.53. The van der Waals surface area contributed by atoms with E-state index in [4.69, 9.17) is 9.47 Å². The fraction of sp³-hybridized carbons (Fsp3) is 0.364. The van der Waals surface area contributed by atoms with Crippen molar-refractivity contribution in [2.75, 3.05) is 13.7 Å². The van der Waals surface area contributed by atoms with Gasteiger partial charge in [0.25, 0.3) is 0 Å². The number of carbonyl (C=O) groups is 1. The summed E-state index contributed by atoms with van der Waals surface area (Å²) in [5, 5.41) is 0. The van der Waals surface area contributed by atoms with Crippen LogP contribution in [-0.2, 0) is 19.6 Å². The van der Waals surface area contributed by atoms with E-state index in [1.54, 1.807) is 12.1 Å². The number of esters is 1. The highest BCUT2D eigenvalue weighted by Crippen LogP contribution is 2.17. The highest BCUT2D eigenvalue weighted by Gasteiger charge is 2.31. The lowest BCUT2D eigenvalue weighted by molar-refractivity contribution is -0.139. The van der Waals surface area contributed by atoms with Crippen molar-refractivity contribution >= 4 is 16.0 Å². The maximum Gasteiger partial charge on any atom is 0.324 e. The highest BCUT2D eigenvalue weighted by atomic mass is 32.2. The lowest BCUT2D eigenvalue weighted by Gasteiger charge is -2.10. The smallest absolute Gasteiger partial charge is 0.324 e. The predicted octanol–water partition coefficient (Wildman–Crippen LogP) is 0.289. The molecule has 1 aromatic carbocycles. The molecule has 98 valence electrons. The maximum absolute atomic E-state index is 12.0. The minimum atomic E-state index is -3.71. The van der Waals surface area contributed by atoms with Gasteiger partial charge in [-0.05, 0) is 24.3 Å². The number of sulfonamides is 1. The van der Waals surface area contributed by atoms with Gasteiger partial charge in [-0.25, -0.2) is 8.42 Å². The Morgan fingerprint density at radius 3 is 2.50 bits per heavy atom. The van der Waals surface area contributed by atoms with Gasteiger partial charge < -0.3 is 9.47 Å². The van der Waals surface area contributed by atoms with Gasteiger partial charge in [-0.15, -0.1) is 0 Å². The van der Waals surface area contributed by atoms with Crippen LogP contribution in [0.25, 0.3) is 0 Å². The third-order valence-corrected chi connectivity index (χ3v) is 4.09. The second kappa shape index (κ2) is 4.95. The number of carbonyl (C=O) groups excluding carboxylic acids is 1. The largest absolute Gasteiger partial charge is 0.497 e. The zero-order chi connectivity index (χ0) is 13.2. The molecule has 1 saturated heterocycles. The van der Waals surface area contributed by atoms with Crippen molar-refractivity contribution in [2.45, 2.75) is 17.4 Å². The Morgan fingerprint density at radius 1 is 1.33 bits per heavy atom. The maximum atomic E-state index is 12.0. The van der Waals surface area contributed by atoms with Gasteiger partial charge in [0.1, 0.15) is 11.8 Å². The summed E-state index contributed by atoms with van der Waals surface area (Å²) in [6, 6.07) is 5.13. The van der Waals surface area contributed by atoms with Crippen LogP contribution in [0.5, 0.6) is 5.75 Å². The van der Waals surface area contributed by atoms with Gasteiger partial charge >= 0.3 is 5.97 Å². The summed E-state index contributed by atoms with van der Waals surface area (Å²) in [7, 11) is -2.21. The van der Waals surface area contributed by atoms with Gasteiger partial charge in [0.2, 0.25) is 10.0 Å². The summed E-state index contributed by atoms with van der Waals surface area (Å²) in [6.07, 6.45) is 0.355. The van der Waals surface area contributed by atoms with Crippen molar-refractivity contribution in [3.05, 3.63) is 24.3 Å². The highest BCUT2D eigenvalue weighted by molar-refractivity contribution is 7.89. The van der Waals surface area contributed by atoms with Gasteiger partial charge in [-0.1, -0.05) is 0 Å². The van der Waals surface area contributed by atoms with Crippen molar-refractivity contribution in [1.82, 2.24) is 4.72 Å². The van der Waals surface area contributed by atoms with Gasteiger partial charge in [-0.2, -0.15) is 4.72 Å². The molecule has 0 amide bonds. The molecule has 7 heteroatoms. The van der Waals surface area contributed by atoms with Crippen LogP contribution in [0, 0.1) is 0 Å². The number of benzene rings is 1. The van der Waals surface area contributed by atoms with E-state index in [1.165, 1.54) is 19.2 Å². The van der Waals surface area contributed by atoms with Gasteiger partial charge in [0.05, 0.1) is 18.6 Å². The van der Waals surface area contributed by atoms with Crippen molar-refractivity contribution in [3.63, 3.8) is 0 Å². The Hall–Kier alpha value is -1.60. The zero-order valence-electron chi connectivity index (χ0n) is 9.75. The number of methoxy groups -OCH3 is 1. The average molecular weight is 271 g/mol. The van der Waals surface area contributed by atoms with E-state index in [2.05, 4.69) is 4.72 Å². The summed E-state index contributed by atoms with van der Waals surface area (Å²) in [6.45, 7) is 0.245. The second-order valence-corrected chi connectivity index (χ2v) is 5.52. The zero-order valence-corrected chi connectivity index (χ0v) is 10.6. The molecule has 1 heterocycles. The van der Waals surface area contributed by atoms with E-state index < -0.39 is 22.0 Å². The first-order valence-electron chi connectivity index (χ1n) is 5.36. The van der Waals surface area contributed by atoms with Crippen LogP contribution >= 0.6 is 0 Å². The van der Waals surface area contributed by atoms with E-state index in [1.807, 2.05) is 0 Å². The molecule has 0 spiro atoms. The molecule has 0 radical (unpaired) electrons. The number of hydrogen-bond donors (Lipinski definition) is 1. The summed E-state index contributed by atoms with van der Waals surface area (Å²) in [5.41, 5.74) is 0. The summed E-state index contributed by atoms with van der Waals surface area (Å²) >= 11 is 0. The minimum Gasteiger partial charge on any atom is -0.497 e. The molecule has 0 aromatic heterocycles. The molecule has 1 aliphatic rings. The number of nitrogens with one attached hydrogen (secondary N) is 1. The van der Waals surface area contributed by atoms with Crippen LogP contribution < -0.4 is 9.46 Å². The molecule has 1 unspecified atom stereocenters. The summed E-state index contributed by atoms with van der Waals surface area (Å²) in [4.78, 5) is 11.3. The molecular formula is C11H13NO5S. The fourth-order valence-corrected chi connectivity index (χ4v) is 2.83. The van der Waals surface area contributed by atoms with Crippen molar-refractivity contribution in [1.29, 1.82) is 0 Å². The Balaban J connectivity index is 2.16. The molecule has 0 aliphatic carbocycles. The van der Waals surface area contributed by atoms with Gasteiger partial charge in [-0.3, -0.25) is 4.79 Å².